The second-order valence-electron chi connectivity index (χ2n) is 17.1. The van der Waals surface area contributed by atoms with Crippen LogP contribution in [0.3, 0.4) is 0 Å². The van der Waals surface area contributed by atoms with Gasteiger partial charge in [-0.2, -0.15) is 0 Å². The van der Waals surface area contributed by atoms with Gasteiger partial charge in [0.15, 0.2) is 0 Å². The van der Waals surface area contributed by atoms with E-state index in [9.17, 15) is 20.1 Å². The van der Waals surface area contributed by atoms with E-state index < -0.39 is 18.2 Å². The Bertz CT molecular complexity index is 758. The third kappa shape index (κ3) is 40.7. The second kappa shape index (κ2) is 44.8. The molecular weight excluding hydrogens is 667 g/mol. The lowest BCUT2D eigenvalue weighted by atomic mass is 10.0. The number of carbonyl (C=O) groups excluding carboxylic acids is 1. The molecule has 0 aromatic heterocycles. The fourth-order valence-electron chi connectivity index (χ4n) is 7.81. The number of unbranched alkanes of at least 4 members (excludes halogenated alkanes) is 36. The molecule has 4 N–H and O–H groups in total. The van der Waals surface area contributed by atoms with Gasteiger partial charge in [0.05, 0.1) is 31.3 Å². The summed E-state index contributed by atoms with van der Waals surface area (Å²) >= 11 is 0. The first-order chi connectivity index (χ1) is 26.5. The Morgan fingerprint density at radius 3 is 1.07 bits per heavy atom. The molecule has 3 unspecified atom stereocenters. The van der Waals surface area contributed by atoms with Crippen LogP contribution in [-0.2, 0) is 4.79 Å². The maximum atomic E-state index is 12.5. The molecule has 0 bridgehead atoms. The third-order valence-corrected chi connectivity index (χ3v) is 11.6. The number of allylic oxidation sites excluding steroid dienone is 1. The molecule has 3 atom stereocenters. The number of aliphatic hydroxyl groups excluding tert-OH is 3. The van der Waals surface area contributed by atoms with Gasteiger partial charge < -0.3 is 20.6 Å². The summed E-state index contributed by atoms with van der Waals surface area (Å²) in [6.45, 7) is 4.24. The number of carbonyl (C=O) groups is 1. The highest BCUT2D eigenvalue weighted by Gasteiger charge is 2.20. The minimum atomic E-state index is -0.925. The number of amides is 1. The maximum Gasteiger partial charge on any atom is 0.222 e. The Kier molecular flexibility index (Phi) is 44.0. The number of hydrogen-bond acceptors (Lipinski definition) is 4. The predicted molar refractivity (Wildman–Crippen MR) is 236 cm³/mol. The fourth-order valence-corrected chi connectivity index (χ4v) is 7.81. The van der Waals surface area contributed by atoms with Crippen molar-refractivity contribution in [3.8, 4) is 0 Å². The molecule has 0 aliphatic rings. The van der Waals surface area contributed by atoms with Crippen molar-refractivity contribution in [1.29, 1.82) is 0 Å². The molecule has 0 fully saturated rings. The van der Waals surface area contributed by atoms with E-state index in [-0.39, 0.29) is 18.9 Å². The average molecular weight is 764 g/mol. The Morgan fingerprint density at radius 1 is 0.463 bits per heavy atom. The molecule has 5 heteroatoms. The summed E-state index contributed by atoms with van der Waals surface area (Å²) < 4.78 is 0. The van der Waals surface area contributed by atoms with Gasteiger partial charge in [-0.15, -0.1) is 0 Å². The van der Waals surface area contributed by atoms with Gasteiger partial charge in [0.1, 0.15) is 0 Å². The van der Waals surface area contributed by atoms with Crippen LogP contribution in [0.2, 0.25) is 0 Å². The molecule has 0 aliphatic heterocycles. The van der Waals surface area contributed by atoms with E-state index in [0.717, 1.165) is 25.7 Å². The van der Waals surface area contributed by atoms with Crippen LogP contribution < -0.4 is 5.32 Å². The summed E-state index contributed by atoms with van der Waals surface area (Å²) in [6, 6.07) is -0.740. The van der Waals surface area contributed by atoms with Crippen molar-refractivity contribution >= 4 is 5.91 Å². The van der Waals surface area contributed by atoms with Crippen LogP contribution in [0.1, 0.15) is 271 Å². The summed E-state index contributed by atoms with van der Waals surface area (Å²) in [4.78, 5) is 12.5. The summed E-state index contributed by atoms with van der Waals surface area (Å²) in [5.41, 5.74) is 0. The summed E-state index contributed by atoms with van der Waals surface area (Å²) in [5, 5.41) is 33.3. The molecule has 0 aromatic carbocycles. The molecule has 322 valence electrons. The molecular formula is C49H97NO4. The van der Waals surface area contributed by atoms with Gasteiger partial charge in [0.2, 0.25) is 5.91 Å². The standard InChI is InChI=1S/C49H97NO4/c1-3-5-7-9-11-13-15-17-19-21-23-24-25-26-28-30-32-34-36-38-40-42-46(52)44-49(54)50-47(45-51)48(53)43-41-39-37-35-33-31-29-27-22-20-18-16-14-12-10-8-6-4-2/h41,43,46-48,51-53H,3-40,42,44-45H2,1-2H3,(H,50,54)/b43-41+. The Labute approximate surface area is 338 Å². The second-order valence-corrected chi connectivity index (χ2v) is 17.1. The highest BCUT2D eigenvalue weighted by molar-refractivity contribution is 5.76. The van der Waals surface area contributed by atoms with Crippen molar-refractivity contribution in [2.45, 2.75) is 289 Å². The van der Waals surface area contributed by atoms with E-state index in [0.29, 0.717) is 6.42 Å². The number of hydrogen-bond donors (Lipinski definition) is 4. The summed E-state index contributed by atoms with van der Waals surface area (Å²) in [7, 11) is 0. The third-order valence-electron chi connectivity index (χ3n) is 11.6. The topological polar surface area (TPSA) is 89.8 Å². The van der Waals surface area contributed by atoms with E-state index in [1.165, 1.54) is 218 Å². The summed E-state index contributed by atoms with van der Waals surface area (Å²) in [5.74, 6) is -0.310. The first-order valence-corrected chi connectivity index (χ1v) is 24.5. The summed E-state index contributed by atoms with van der Waals surface area (Å²) in [6.07, 6.45) is 53.7. The van der Waals surface area contributed by atoms with Gasteiger partial charge in [-0.05, 0) is 19.3 Å². The molecule has 0 spiro atoms. The minimum absolute atomic E-state index is 0.0192. The van der Waals surface area contributed by atoms with Crippen molar-refractivity contribution in [3.63, 3.8) is 0 Å². The van der Waals surface area contributed by atoms with E-state index in [1.54, 1.807) is 6.08 Å². The zero-order valence-electron chi connectivity index (χ0n) is 36.6. The van der Waals surface area contributed by atoms with E-state index >= 15 is 0 Å². The first kappa shape index (κ1) is 53.1. The van der Waals surface area contributed by atoms with Crippen molar-refractivity contribution in [1.82, 2.24) is 5.32 Å². The molecule has 0 aromatic rings. The highest BCUT2D eigenvalue weighted by atomic mass is 16.3. The van der Waals surface area contributed by atoms with E-state index in [1.807, 2.05) is 6.08 Å². The lowest BCUT2D eigenvalue weighted by Crippen LogP contribution is -2.45. The molecule has 0 rings (SSSR count). The van der Waals surface area contributed by atoms with Gasteiger partial charge in [0, 0.05) is 0 Å². The lowest BCUT2D eigenvalue weighted by Gasteiger charge is -2.21. The van der Waals surface area contributed by atoms with Crippen LogP contribution in [0.5, 0.6) is 0 Å². The quantitative estimate of drug-likeness (QED) is 0.0367. The minimum Gasteiger partial charge on any atom is -0.394 e. The molecule has 0 radical (unpaired) electrons. The number of aliphatic hydroxyl groups is 3. The molecule has 0 aliphatic carbocycles. The zero-order chi connectivity index (χ0) is 39.4. The Balaban J connectivity index is 3.59. The van der Waals surface area contributed by atoms with Gasteiger partial charge in [-0.3, -0.25) is 4.79 Å². The van der Waals surface area contributed by atoms with Crippen LogP contribution in [0.15, 0.2) is 12.2 Å². The first-order valence-electron chi connectivity index (χ1n) is 24.5. The fraction of sp³-hybridized carbons (Fsp3) is 0.939. The van der Waals surface area contributed by atoms with E-state index in [2.05, 4.69) is 19.2 Å². The zero-order valence-corrected chi connectivity index (χ0v) is 36.6. The maximum absolute atomic E-state index is 12.5. The van der Waals surface area contributed by atoms with Crippen LogP contribution in [0.25, 0.3) is 0 Å². The van der Waals surface area contributed by atoms with Crippen LogP contribution in [0.4, 0.5) is 0 Å². The van der Waals surface area contributed by atoms with Crippen LogP contribution >= 0.6 is 0 Å². The molecule has 0 saturated carbocycles. The monoisotopic (exact) mass is 764 g/mol. The van der Waals surface area contributed by atoms with Crippen molar-refractivity contribution in [2.24, 2.45) is 0 Å². The van der Waals surface area contributed by atoms with Crippen molar-refractivity contribution in [2.75, 3.05) is 6.61 Å². The molecule has 0 heterocycles. The molecule has 1 amide bonds. The molecule has 5 nitrogen and oxygen atoms in total. The molecule has 0 saturated heterocycles. The van der Waals surface area contributed by atoms with Crippen LogP contribution in [0, 0.1) is 0 Å². The Morgan fingerprint density at radius 2 is 0.759 bits per heavy atom. The average Bonchev–Trinajstić information content (AvgIpc) is 3.16. The van der Waals surface area contributed by atoms with Crippen molar-refractivity contribution < 1.29 is 20.1 Å². The molecule has 54 heavy (non-hydrogen) atoms. The van der Waals surface area contributed by atoms with Crippen molar-refractivity contribution in [3.05, 3.63) is 12.2 Å². The lowest BCUT2D eigenvalue weighted by molar-refractivity contribution is -0.124. The van der Waals surface area contributed by atoms with Gasteiger partial charge >= 0.3 is 0 Å². The Hall–Kier alpha value is -0.910. The van der Waals surface area contributed by atoms with Gasteiger partial charge in [-0.1, -0.05) is 257 Å². The van der Waals surface area contributed by atoms with E-state index in [4.69, 9.17) is 0 Å². The number of nitrogens with one attached hydrogen (secondary N) is 1. The normalized spacial score (nSPS) is 13.5. The number of rotatable bonds is 45. The van der Waals surface area contributed by atoms with Crippen LogP contribution in [-0.4, -0.2) is 46.1 Å². The SMILES string of the molecule is CCCCCCCCCCCCCCCCCC/C=C/C(O)C(CO)NC(=O)CC(O)CCCCCCCCCCCCCCCCCCCCCCC. The van der Waals surface area contributed by atoms with Gasteiger partial charge in [-0.25, -0.2) is 0 Å². The highest BCUT2D eigenvalue weighted by Crippen LogP contribution is 2.17. The van der Waals surface area contributed by atoms with Gasteiger partial charge in [0.25, 0.3) is 0 Å². The smallest absolute Gasteiger partial charge is 0.222 e. The largest absolute Gasteiger partial charge is 0.394 e. The predicted octanol–water partition coefficient (Wildman–Crippen LogP) is 14.4.